The maximum atomic E-state index is 13.7. The van der Waals surface area contributed by atoms with Gasteiger partial charge in [-0.25, -0.2) is 9.18 Å². The van der Waals surface area contributed by atoms with Crippen molar-refractivity contribution in [2.45, 2.75) is 19.4 Å². The van der Waals surface area contributed by atoms with Crippen LogP contribution in [-0.2, 0) is 9.59 Å². The highest BCUT2D eigenvalue weighted by atomic mass is 35.5. The van der Waals surface area contributed by atoms with E-state index < -0.39 is 17.8 Å². The molecule has 0 bridgehead atoms. The van der Waals surface area contributed by atoms with Gasteiger partial charge in [0.25, 0.3) is 0 Å². The Morgan fingerprint density at radius 2 is 2.28 bits per heavy atom. The SMILES string of the molecule is CCCN(C=O)C(C(=O)O)c1c(F)cccc1Cl. The molecule has 98 valence electrons. The third kappa shape index (κ3) is 2.98. The average Bonchev–Trinajstić information content (AvgIpc) is 2.31. The van der Waals surface area contributed by atoms with Gasteiger partial charge in [0.05, 0.1) is 0 Å². The van der Waals surface area contributed by atoms with Crippen LogP contribution in [0.15, 0.2) is 18.2 Å². The lowest BCUT2D eigenvalue weighted by Crippen LogP contribution is -2.34. The summed E-state index contributed by atoms with van der Waals surface area (Å²) in [6, 6.07) is 2.48. The number of carbonyl (C=O) groups excluding carboxylic acids is 1. The largest absolute Gasteiger partial charge is 0.479 e. The van der Waals surface area contributed by atoms with Crippen LogP contribution in [-0.4, -0.2) is 28.9 Å². The number of rotatable bonds is 6. The number of halogens is 2. The highest BCUT2D eigenvalue weighted by Crippen LogP contribution is 2.29. The number of nitrogens with zero attached hydrogens (tertiary/aromatic N) is 1. The van der Waals surface area contributed by atoms with Crippen molar-refractivity contribution in [3.8, 4) is 0 Å². The standard InChI is InChI=1S/C12H13ClFNO3/c1-2-6-15(7-16)11(12(17)18)10-8(13)4-3-5-9(10)14/h3-5,7,11H,2,6H2,1H3,(H,17,18). The van der Waals surface area contributed by atoms with Gasteiger partial charge in [-0.15, -0.1) is 0 Å². The normalized spacial score (nSPS) is 11.9. The van der Waals surface area contributed by atoms with Crippen LogP contribution in [0.3, 0.4) is 0 Å². The number of carbonyl (C=O) groups is 2. The van der Waals surface area contributed by atoms with E-state index in [2.05, 4.69) is 0 Å². The first-order chi connectivity index (χ1) is 8.52. The van der Waals surface area contributed by atoms with Gasteiger partial charge in [0, 0.05) is 17.1 Å². The fraction of sp³-hybridized carbons (Fsp3) is 0.333. The van der Waals surface area contributed by atoms with Gasteiger partial charge in [-0.3, -0.25) is 4.79 Å². The summed E-state index contributed by atoms with van der Waals surface area (Å²) in [6.45, 7) is 2.00. The smallest absolute Gasteiger partial charge is 0.331 e. The molecule has 0 heterocycles. The van der Waals surface area contributed by atoms with E-state index in [1.54, 1.807) is 6.92 Å². The predicted octanol–water partition coefficient (Wildman–Crippen LogP) is 2.47. The maximum Gasteiger partial charge on any atom is 0.331 e. The Hall–Kier alpha value is -1.62. The lowest BCUT2D eigenvalue weighted by molar-refractivity contribution is -0.146. The first-order valence-electron chi connectivity index (χ1n) is 5.40. The molecule has 1 aromatic rings. The van der Waals surface area contributed by atoms with E-state index in [1.807, 2.05) is 0 Å². The summed E-state index contributed by atoms with van der Waals surface area (Å²) in [6.07, 6.45) is 0.958. The number of benzene rings is 1. The zero-order valence-corrected chi connectivity index (χ0v) is 10.5. The highest BCUT2D eigenvalue weighted by Gasteiger charge is 2.30. The molecule has 1 aromatic carbocycles. The molecule has 6 heteroatoms. The molecule has 0 aliphatic carbocycles. The van der Waals surface area contributed by atoms with Gasteiger partial charge in [0.2, 0.25) is 6.41 Å². The molecule has 0 saturated heterocycles. The van der Waals surface area contributed by atoms with E-state index >= 15 is 0 Å². The lowest BCUT2D eigenvalue weighted by atomic mass is 10.0. The summed E-state index contributed by atoms with van der Waals surface area (Å²) in [5.74, 6) is -2.06. The quantitative estimate of drug-likeness (QED) is 0.810. The van der Waals surface area contributed by atoms with Crippen LogP contribution >= 0.6 is 11.6 Å². The van der Waals surface area contributed by atoms with Crippen molar-refractivity contribution in [1.29, 1.82) is 0 Å². The molecule has 1 amide bonds. The second-order valence-electron chi connectivity index (χ2n) is 3.72. The highest BCUT2D eigenvalue weighted by molar-refractivity contribution is 6.31. The first kappa shape index (κ1) is 14.4. The zero-order chi connectivity index (χ0) is 13.7. The Morgan fingerprint density at radius 1 is 1.61 bits per heavy atom. The Kier molecular flexibility index (Phi) is 5.09. The summed E-state index contributed by atoms with van der Waals surface area (Å²) in [5.41, 5.74) is -0.188. The van der Waals surface area contributed by atoms with Gasteiger partial charge in [-0.05, 0) is 18.6 Å². The van der Waals surface area contributed by atoms with Crippen molar-refractivity contribution in [3.05, 3.63) is 34.6 Å². The molecule has 4 nitrogen and oxygen atoms in total. The third-order valence-corrected chi connectivity index (χ3v) is 2.79. The summed E-state index contributed by atoms with van der Waals surface area (Å²) in [4.78, 5) is 23.2. The van der Waals surface area contributed by atoms with Crippen molar-refractivity contribution in [2.24, 2.45) is 0 Å². The molecule has 0 spiro atoms. The Morgan fingerprint density at radius 3 is 2.72 bits per heavy atom. The third-order valence-electron chi connectivity index (χ3n) is 2.46. The minimum absolute atomic E-state index is 0.00893. The second kappa shape index (κ2) is 6.35. The second-order valence-corrected chi connectivity index (χ2v) is 4.13. The van der Waals surface area contributed by atoms with Crippen LogP contribution in [0.4, 0.5) is 4.39 Å². The molecule has 0 radical (unpaired) electrons. The molecule has 0 saturated carbocycles. The van der Waals surface area contributed by atoms with Gasteiger partial charge in [0.15, 0.2) is 6.04 Å². The number of carboxylic acid groups (broad SMARTS) is 1. The van der Waals surface area contributed by atoms with E-state index in [0.717, 1.165) is 11.0 Å². The van der Waals surface area contributed by atoms with E-state index in [-0.39, 0.29) is 17.1 Å². The lowest BCUT2D eigenvalue weighted by Gasteiger charge is -2.25. The van der Waals surface area contributed by atoms with Crippen LogP contribution in [0.2, 0.25) is 5.02 Å². The monoisotopic (exact) mass is 273 g/mol. The minimum Gasteiger partial charge on any atom is -0.479 e. The van der Waals surface area contributed by atoms with Gasteiger partial charge < -0.3 is 10.0 Å². The maximum absolute atomic E-state index is 13.7. The summed E-state index contributed by atoms with van der Waals surface area (Å²) >= 11 is 5.82. The summed E-state index contributed by atoms with van der Waals surface area (Å²) in [5, 5.41) is 9.17. The Balaban J connectivity index is 3.27. The van der Waals surface area contributed by atoms with Crippen molar-refractivity contribution in [2.75, 3.05) is 6.54 Å². The Bertz CT molecular complexity index is 433. The summed E-state index contributed by atoms with van der Waals surface area (Å²) < 4.78 is 13.7. The molecule has 0 aliphatic heterocycles. The van der Waals surface area contributed by atoms with Crippen LogP contribution in [0.25, 0.3) is 0 Å². The topological polar surface area (TPSA) is 57.6 Å². The average molecular weight is 274 g/mol. The van der Waals surface area contributed by atoms with Gasteiger partial charge >= 0.3 is 5.97 Å². The van der Waals surface area contributed by atoms with Crippen LogP contribution in [0.1, 0.15) is 24.9 Å². The molecular weight excluding hydrogens is 261 g/mol. The van der Waals surface area contributed by atoms with E-state index in [1.165, 1.54) is 12.1 Å². The number of amides is 1. The number of aliphatic carboxylic acids is 1. The van der Waals surface area contributed by atoms with Crippen molar-refractivity contribution >= 4 is 24.0 Å². The number of hydrogen-bond donors (Lipinski definition) is 1. The molecule has 1 N–H and O–H groups in total. The molecule has 0 aromatic heterocycles. The fourth-order valence-electron chi connectivity index (χ4n) is 1.70. The fourth-order valence-corrected chi connectivity index (χ4v) is 1.97. The number of carboxylic acids is 1. The molecule has 0 aliphatic rings. The molecular formula is C12H13ClFNO3. The van der Waals surface area contributed by atoms with Crippen LogP contribution in [0.5, 0.6) is 0 Å². The van der Waals surface area contributed by atoms with Crippen LogP contribution < -0.4 is 0 Å². The van der Waals surface area contributed by atoms with Gasteiger partial charge in [-0.1, -0.05) is 24.6 Å². The zero-order valence-electron chi connectivity index (χ0n) is 9.77. The molecule has 1 rings (SSSR count). The van der Waals surface area contributed by atoms with E-state index in [4.69, 9.17) is 11.6 Å². The first-order valence-corrected chi connectivity index (χ1v) is 5.78. The summed E-state index contributed by atoms with van der Waals surface area (Å²) in [7, 11) is 0. The number of hydrogen-bond acceptors (Lipinski definition) is 2. The molecule has 1 atom stereocenters. The van der Waals surface area contributed by atoms with Gasteiger partial charge in [-0.2, -0.15) is 0 Å². The molecule has 0 fully saturated rings. The predicted molar refractivity (Wildman–Crippen MR) is 64.8 cm³/mol. The molecule has 18 heavy (non-hydrogen) atoms. The Labute approximate surface area is 109 Å². The van der Waals surface area contributed by atoms with Crippen molar-refractivity contribution < 1.29 is 19.1 Å². The van der Waals surface area contributed by atoms with Crippen molar-refractivity contribution in [1.82, 2.24) is 4.90 Å². The van der Waals surface area contributed by atoms with Gasteiger partial charge in [0.1, 0.15) is 5.82 Å². The van der Waals surface area contributed by atoms with E-state index in [0.29, 0.717) is 12.8 Å². The van der Waals surface area contributed by atoms with Crippen molar-refractivity contribution in [3.63, 3.8) is 0 Å². The molecule has 1 unspecified atom stereocenters. The van der Waals surface area contributed by atoms with Crippen LogP contribution in [0, 0.1) is 5.82 Å². The van der Waals surface area contributed by atoms with E-state index in [9.17, 15) is 19.1 Å². The minimum atomic E-state index is -1.41.